The highest BCUT2D eigenvalue weighted by molar-refractivity contribution is 5.34. The second-order valence-electron chi connectivity index (χ2n) is 5.35. The Morgan fingerprint density at radius 1 is 1.10 bits per heavy atom. The Morgan fingerprint density at radius 2 is 1.90 bits per heavy atom. The van der Waals surface area contributed by atoms with E-state index in [0.717, 1.165) is 17.7 Å². The Bertz CT molecular complexity index is 596. The van der Waals surface area contributed by atoms with Gasteiger partial charge in [-0.2, -0.15) is 0 Å². The van der Waals surface area contributed by atoms with Gasteiger partial charge >= 0.3 is 0 Å². The topological polar surface area (TPSA) is 47.3 Å². The minimum absolute atomic E-state index is 0.0764. The van der Waals surface area contributed by atoms with Gasteiger partial charge in [0.05, 0.1) is 12.6 Å². The lowest BCUT2D eigenvalue weighted by Crippen LogP contribution is -2.29. The largest absolute Gasteiger partial charge is 0.494 e. The number of nitrogens with one attached hydrogen (secondary N) is 1. The summed E-state index contributed by atoms with van der Waals surface area (Å²) >= 11 is 0. The molecule has 1 unspecified atom stereocenters. The van der Waals surface area contributed by atoms with E-state index in [1.165, 1.54) is 16.7 Å². The van der Waals surface area contributed by atoms with Crippen molar-refractivity contribution in [1.29, 1.82) is 0 Å². The van der Waals surface area contributed by atoms with Crippen LogP contribution in [0.1, 0.15) is 35.2 Å². The summed E-state index contributed by atoms with van der Waals surface area (Å²) in [5.74, 6) is 6.64. The molecule has 0 aliphatic carbocycles. The summed E-state index contributed by atoms with van der Waals surface area (Å²) in [7, 11) is 0. The minimum Gasteiger partial charge on any atom is -0.494 e. The van der Waals surface area contributed by atoms with Crippen LogP contribution in [-0.4, -0.2) is 6.61 Å². The van der Waals surface area contributed by atoms with Gasteiger partial charge in [0.2, 0.25) is 0 Å². The molecule has 0 amide bonds. The van der Waals surface area contributed by atoms with Gasteiger partial charge < -0.3 is 4.74 Å². The Balaban J connectivity index is 2.19. The van der Waals surface area contributed by atoms with Crippen molar-refractivity contribution in [3.05, 3.63) is 64.7 Å². The van der Waals surface area contributed by atoms with E-state index in [0.29, 0.717) is 6.61 Å². The van der Waals surface area contributed by atoms with Gasteiger partial charge in [-0.3, -0.25) is 11.3 Å². The summed E-state index contributed by atoms with van der Waals surface area (Å²) in [5.41, 5.74) is 7.96. The smallest absolute Gasteiger partial charge is 0.119 e. The lowest BCUT2D eigenvalue weighted by atomic mass is 9.97. The van der Waals surface area contributed by atoms with E-state index in [1.807, 2.05) is 19.1 Å². The first-order chi connectivity index (χ1) is 10.1. The predicted octanol–water partition coefficient (Wildman–Crippen LogP) is 3.45. The van der Waals surface area contributed by atoms with Crippen LogP contribution in [0.2, 0.25) is 0 Å². The molecule has 1 atom stereocenters. The molecule has 0 aliphatic rings. The number of aryl methyl sites for hydroxylation is 2. The minimum atomic E-state index is 0.0764. The number of ether oxygens (including phenoxy) is 1. The van der Waals surface area contributed by atoms with Crippen LogP contribution in [0.5, 0.6) is 5.75 Å². The molecule has 0 radical (unpaired) electrons. The average molecular weight is 284 g/mol. The van der Waals surface area contributed by atoms with Crippen molar-refractivity contribution in [3.8, 4) is 5.75 Å². The van der Waals surface area contributed by atoms with Gasteiger partial charge in [0.15, 0.2) is 0 Å². The molecule has 3 heteroatoms. The second kappa shape index (κ2) is 7.25. The molecule has 0 aromatic heterocycles. The van der Waals surface area contributed by atoms with Gasteiger partial charge in [0, 0.05) is 0 Å². The highest BCUT2D eigenvalue weighted by atomic mass is 16.5. The summed E-state index contributed by atoms with van der Waals surface area (Å²) < 4.78 is 5.56. The fraction of sp³-hybridized carbons (Fsp3) is 0.333. The molecule has 3 nitrogen and oxygen atoms in total. The van der Waals surface area contributed by atoms with Crippen molar-refractivity contribution < 1.29 is 4.74 Å². The Kier molecular flexibility index (Phi) is 5.37. The highest BCUT2D eigenvalue weighted by Crippen LogP contribution is 2.23. The molecule has 21 heavy (non-hydrogen) atoms. The Labute approximate surface area is 127 Å². The number of benzene rings is 2. The SMILES string of the molecule is CCOc1cccc(C(Cc2ccc(C)c(C)c2)NN)c1. The standard InChI is InChI=1S/C18H24N2O/c1-4-21-17-7-5-6-16(12-17)18(20-19)11-15-9-8-13(2)14(3)10-15/h5-10,12,18,20H,4,11,19H2,1-3H3. The number of hydrogen-bond donors (Lipinski definition) is 2. The molecule has 2 rings (SSSR count). The van der Waals surface area contributed by atoms with Crippen LogP contribution in [0.4, 0.5) is 0 Å². The normalized spacial score (nSPS) is 12.2. The molecule has 0 heterocycles. The molecule has 112 valence electrons. The molecule has 0 saturated carbocycles. The fourth-order valence-corrected chi connectivity index (χ4v) is 2.43. The molecule has 0 aliphatic heterocycles. The van der Waals surface area contributed by atoms with Crippen LogP contribution >= 0.6 is 0 Å². The van der Waals surface area contributed by atoms with E-state index in [1.54, 1.807) is 0 Å². The lowest BCUT2D eigenvalue weighted by molar-refractivity contribution is 0.339. The molecule has 3 N–H and O–H groups in total. The lowest BCUT2D eigenvalue weighted by Gasteiger charge is -2.18. The third kappa shape index (κ3) is 4.06. The summed E-state index contributed by atoms with van der Waals surface area (Å²) in [6.45, 7) is 6.92. The van der Waals surface area contributed by atoms with Crippen molar-refractivity contribution in [2.75, 3.05) is 6.61 Å². The van der Waals surface area contributed by atoms with E-state index in [4.69, 9.17) is 10.6 Å². The van der Waals surface area contributed by atoms with Crippen molar-refractivity contribution in [2.24, 2.45) is 5.84 Å². The van der Waals surface area contributed by atoms with Gasteiger partial charge in [-0.1, -0.05) is 30.3 Å². The first kappa shape index (κ1) is 15.5. The molecule has 0 saturated heterocycles. The highest BCUT2D eigenvalue weighted by Gasteiger charge is 2.12. The molecule has 0 spiro atoms. The molecular weight excluding hydrogens is 260 g/mol. The van der Waals surface area contributed by atoms with Gasteiger partial charge in [-0.25, -0.2) is 0 Å². The maximum atomic E-state index is 5.75. The van der Waals surface area contributed by atoms with Crippen LogP contribution < -0.4 is 16.0 Å². The van der Waals surface area contributed by atoms with E-state index in [9.17, 15) is 0 Å². The molecule has 2 aromatic rings. The van der Waals surface area contributed by atoms with Gasteiger partial charge in [0.1, 0.15) is 5.75 Å². The van der Waals surface area contributed by atoms with Crippen LogP contribution in [0, 0.1) is 13.8 Å². The predicted molar refractivity (Wildman–Crippen MR) is 87.3 cm³/mol. The maximum absolute atomic E-state index is 5.75. The molecular formula is C18H24N2O. The fourth-order valence-electron chi connectivity index (χ4n) is 2.43. The van der Waals surface area contributed by atoms with Crippen molar-refractivity contribution in [3.63, 3.8) is 0 Å². The first-order valence-corrected chi connectivity index (χ1v) is 7.39. The monoisotopic (exact) mass is 284 g/mol. The average Bonchev–Trinajstić information content (AvgIpc) is 2.49. The summed E-state index contributed by atoms with van der Waals surface area (Å²) in [4.78, 5) is 0. The summed E-state index contributed by atoms with van der Waals surface area (Å²) in [6.07, 6.45) is 0.854. The Hall–Kier alpha value is -1.84. The van der Waals surface area contributed by atoms with Crippen molar-refractivity contribution in [2.45, 2.75) is 33.2 Å². The number of nitrogens with two attached hydrogens (primary N) is 1. The third-order valence-electron chi connectivity index (χ3n) is 3.78. The number of hydrogen-bond acceptors (Lipinski definition) is 3. The zero-order valence-electron chi connectivity index (χ0n) is 13.0. The Morgan fingerprint density at radius 3 is 2.57 bits per heavy atom. The molecule has 0 fully saturated rings. The third-order valence-corrected chi connectivity index (χ3v) is 3.78. The van der Waals surface area contributed by atoms with Crippen LogP contribution in [-0.2, 0) is 6.42 Å². The zero-order chi connectivity index (χ0) is 15.2. The number of hydrazine groups is 1. The van der Waals surface area contributed by atoms with E-state index in [-0.39, 0.29) is 6.04 Å². The van der Waals surface area contributed by atoms with Crippen LogP contribution in [0.3, 0.4) is 0 Å². The van der Waals surface area contributed by atoms with Gasteiger partial charge in [-0.15, -0.1) is 0 Å². The maximum Gasteiger partial charge on any atom is 0.119 e. The molecule has 0 bridgehead atoms. The van der Waals surface area contributed by atoms with E-state index in [2.05, 4.69) is 49.6 Å². The van der Waals surface area contributed by atoms with E-state index >= 15 is 0 Å². The number of rotatable bonds is 6. The zero-order valence-corrected chi connectivity index (χ0v) is 13.0. The van der Waals surface area contributed by atoms with Gasteiger partial charge in [-0.05, 0) is 61.6 Å². The quantitative estimate of drug-likeness (QED) is 0.631. The van der Waals surface area contributed by atoms with Crippen LogP contribution in [0.15, 0.2) is 42.5 Å². The summed E-state index contributed by atoms with van der Waals surface area (Å²) in [5, 5.41) is 0. The first-order valence-electron chi connectivity index (χ1n) is 7.39. The molecule has 2 aromatic carbocycles. The second-order valence-corrected chi connectivity index (χ2v) is 5.35. The van der Waals surface area contributed by atoms with Gasteiger partial charge in [0.25, 0.3) is 0 Å². The van der Waals surface area contributed by atoms with E-state index < -0.39 is 0 Å². The summed E-state index contributed by atoms with van der Waals surface area (Å²) in [6, 6.07) is 14.7. The van der Waals surface area contributed by atoms with Crippen molar-refractivity contribution >= 4 is 0 Å². The van der Waals surface area contributed by atoms with Crippen LogP contribution in [0.25, 0.3) is 0 Å². The van der Waals surface area contributed by atoms with Crippen molar-refractivity contribution in [1.82, 2.24) is 5.43 Å².